The summed E-state index contributed by atoms with van der Waals surface area (Å²) in [5, 5.41) is 21.4. The van der Waals surface area contributed by atoms with Crippen LogP contribution in [0.4, 0.5) is 17.1 Å². The van der Waals surface area contributed by atoms with Crippen molar-refractivity contribution < 1.29 is 19.4 Å². The first-order valence-corrected chi connectivity index (χ1v) is 4.90. The van der Waals surface area contributed by atoms with E-state index in [0.717, 1.165) is 30.4 Å². The smallest absolute Gasteiger partial charge is 0.269 e. The van der Waals surface area contributed by atoms with Gasteiger partial charge in [0.2, 0.25) is 0 Å². The van der Waals surface area contributed by atoms with Crippen LogP contribution in [0.15, 0.2) is 30.4 Å². The lowest BCUT2D eigenvalue weighted by atomic mass is 10.2. The second-order valence-corrected chi connectivity index (χ2v) is 3.57. The zero-order chi connectivity index (χ0) is 14.2. The fourth-order valence-electron chi connectivity index (χ4n) is 1.57. The zero-order valence-corrected chi connectivity index (χ0v) is 9.18. The second kappa shape index (κ2) is 4.29. The standard InChI is InChI=1S/C10H5N3O6/c14-9-1-2-10(15)11(9)6-3-7(12(16)17)5-8(4-6)13(18)19/h1-5H. The number of non-ortho nitro benzene ring substituents is 2. The molecule has 0 aromatic heterocycles. The highest BCUT2D eigenvalue weighted by Gasteiger charge is 2.28. The van der Waals surface area contributed by atoms with Crippen molar-refractivity contribution >= 4 is 28.9 Å². The molecule has 9 nitrogen and oxygen atoms in total. The third-order valence-electron chi connectivity index (χ3n) is 2.38. The van der Waals surface area contributed by atoms with Gasteiger partial charge in [0.05, 0.1) is 21.6 Å². The number of hydrogen-bond donors (Lipinski definition) is 0. The number of imide groups is 1. The molecule has 0 bridgehead atoms. The number of amides is 2. The second-order valence-electron chi connectivity index (χ2n) is 3.57. The van der Waals surface area contributed by atoms with Crippen molar-refractivity contribution in [3.05, 3.63) is 50.6 Å². The van der Waals surface area contributed by atoms with Gasteiger partial charge in [-0.1, -0.05) is 0 Å². The molecule has 2 amide bonds. The van der Waals surface area contributed by atoms with Gasteiger partial charge >= 0.3 is 0 Å². The minimum atomic E-state index is -0.838. The van der Waals surface area contributed by atoms with Gasteiger partial charge in [-0.25, -0.2) is 4.90 Å². The molecule has 0 atom stereocenters. The van der Waals surface area contributed by atoms with E-state index < -0.39 is 33.0 Å². The third kappa shape index (κ3) is 2.16. The van der Waals surface area contributed by atoms with Crippen LogP contribution < -0.4 is 4.90 Å². The lowest BCUT2D eigenvalue weighted by Gasteiger charge is -2.13. The van der Waals surface area contributed by atoms with Gasteiger partial charge in [0, 0.05) is 24.3 Å². The van der Waals surface area contributed by atoms with Gasteiger partial charge in [-0.2, -0.15) is 0 Å². The van der Waals surface area contributed by atoms with E-state index in [1.807, 2.05) is 0 Å². The van der Waals surface area contributed by atoms with Crippen LogP contribution in [0.2, 0.25) is 0 Å². The van der Waals surface area contributed by atoms with Crippen LogP contribution in [0, 0.1) is 20.2 Å². The fourth-order valence-corrected chi connectivity index (χ4v) is 1.57. The molecule has 9 heteroatoms. The van der Waals surface area contributed by atoms with Crippen LogP contribution in [0.1, 0.15) is 0 Å². The summed E-state index contributed by atoms with van der Waals surface area (Å²) in [7, 11) is 0. The normalized spacial score (nSPS) is 14.0. The van der Waals surface area contributed by atoms with Gasteiger partial charge in [-0.3, -0.25) is 29.8 Å². The van der Waals surface area contributed by atoms with Gasteiger partial charge in [-0.05, 0) is 0 Å². The maximum Gasteiger partial charge on any atom is 0.278 e. The molecule has 0 spiro atoms. The van der Waals surface area contributed by atoms with Crippen molar-refractivity contribution in [2.24, 2.45) is 0 Å². The molecular weight excluding hydrogens is 258 g/mol. The molecule has 1 aromatic rings. The first kappa shape index (κ1) is 12.4. The molecule has 1 heterocycles. The molecule has 2 rings (SSSR count). The van der Waals surface area contributed by atoms with Gasteiger partial charge in [0.25, 0.3) is 23.2 Å². The Hall–Kier alpha value is -3.10. The van der Waals surface area contributed by atoms with E-state index in [4.69, 9.17) is 0 Å². The topological polar surface area (TPSA) is 124 Å². The molecule has 0 fully saturated rings. The summed E-state index contributed by atoms with van der Waals surface area (Å²) < 4.78 is 0. The quantitative estimate of drug-likeness (QED) is 0.454. The summed E-state index contributed by atoms with van der Waals surface area (Å²) in [5.41, 5.74) is -1.35. The Morgan fingerprint density at radius 2 is 1.26 bits per heavy atom. The highest BCUT2D eigenvalue weighted by Crippen LogP contribution is 2.29. The Kier molecular flexibility index (Phi) is 2.79. The van der Waals surface area contributed by atoms with Crippen molar-refractivity contribution in [3.8, 4) is 0 Å². The van der Waals surface area contributed by atoms with Crippen molar-refractivity contribution in [2.45, 2.75) is 0 Å². The molecular formula is C10H5N3O6. The number of hydrogen-bond acceptors (Lipinski definition) is 6. The summed E-state index contributed by atoms with van der Waals surface area (Å²) in [6.45, 7) is 0. The van der Waals surface area contributed by atoms with Gasteiger partial charge in [0.15, 0.2) is 0 Å². The first-order chi connectivity index (χ1) is 8.90. The zero-order valence-electron chi connectivity index (χ0n) is 9.18. The van der Waals surface area contributed by atoms with Crippen molar-refractivity contribution in [1.29, 1.82) is 0 Å². The number of nitro groups is 2. The van der Waals surface area contributed by atoms with E-state index in [-0.39, 0.29) is 5.69 Å². The SMILES string of the molecule is O=C1C=CC(=O)N1c1cc([N+](=O)[O-])cc([N+](=O)[O-])c1. The van der Waals surface area contributed by atoms with Crippen LogP contribution in [0.3, 0.4) is 0 Å². The number of nitro benzene ring substituents is 2. The van der Waals surface area contributed by atoms with E-state index in [2.05, 4.69) is 0 Å². The average molecular weight is 263 g/mol. The van der Waals surface area contributed by atoms with Crippen molar-refractivity contribution in [2.75, 3.05) is 4.90 Å². The molecule has 1 aliphatic heterocycles. The minimum absolute atomic E-state index is 0.207. The lowest BCUT2D eigenvalue weighted by Crippen LogP contribution is -2.29. The molecule has 96 valence electrons. The number of carbonyl (C=O) groups is 2. The maximum atomic E-state index is 11.4. The van der Waals surface area contributed by atoms with Gasteiger partial charge < -0.3 is 0 Å². The largest absolute Gasteiger partial charge is 0.278 e. The predicted molar refractivity (Wildman–Crippen MR) is 61.4 cm³/mol. The van der Waals surface area contributed by atoms with E-state index >= 15 is 0 Å². The molecule has 0 N–H and O–H groups in total. The predicted octanol–water partition coefficient (Wildman–Crippen LogP) is 0.932. The minimum Gasteiger partial charge on any atom is -0.269 e. The lowest BCUT2D eigenvalue weighted by molar-refractivity contribution is -0.394. The number of carbonyl (C=O) groups excluding carboxylic acids is 2. The molecule has 0 radical (unpaired) electrons. The molecule has 0 saturated heterocycles. The Balaban J connectivity index is 2.57. The number of rotatable bonds is 3. The molecule has 0 saturated carbocycles. The molecule has 0 unspecified atom stereocenters. The van der Waals surface area contributed by atoms with Crippen molar-refractivity contribution in [3.63, 3.8) is 0 Å². The highest BCUT2D eigenvalue weighted by atomic mass is 16.6. The van der Waals surface area contributed by atoms with E-state index in [1.165, 1.54) is 0 Å². The monoisotopic (exact) mass is 263 g/mol. The molecule has 0 aliphatic carbocycles. The maximum absolute atomic E-state index is 11.4. The van der Waals surface area contributed by atoms with Crippen LogP contribution in [-0.2, 0) is 9.59 Å². The summed E-state index contributed by atoms with van der Waals surface area (Å²) in [6, 6.07) is 2.60. The fraction of sp³-hybridized carbons (Fsp3) is 0. The van der Waals surface area contributed by atoms with Crippen LogP contribution in [0.25, 0.3) is 0 Å². The average Bonchev–Trinajstić information content (AvgIpc) is 2.68. The summed E-state index contributed by atoms with van der Waals surface area (Å²) in [6.07, 6.45) is 1.96. The molecule has 1 aliphatic rings. The third-order valence-corrected chi connectivity index (χ3v) is 2.38. The van der Waals surface area contributed by atoms with E-state index in [0.29, 0.717) is 4.90 Å². The Morgan fingerprint density at radius 3 is 1.63 bits per heavy atom. The summed E-state index contributed by atoms with van der Waals surface area (Å²) in [5.74, 6) is -1.42. The summed E-state index contributed by atoms with van der Waals surface area (Å²) in [4.78, 5) is 43.2. The Morgan fingerprint density at radius 1 is 0.842 bits per heavy atom. The van der Waals surface area contributed by atoms with E-state index in [9.17, 15) is 29.8 Å². The van der Waals surface area contributed by atoms with Crippen LogP contribution >= 0.6 is 0 Å². The number of benzene rings is 1. The number of nitrogens with zero attached hydrogens (tertiary/aromatic N) is 3. The Bertz CT molecular complexity index is 600. The van der Waals surface area contributed by atoms with Gasteiger partial charge in [0.1, 0.15) is 0 Å². The Labute approximate surface area is 105 Å². The van der Waals surface area contributed by atoms with Crippen LogP contribution in [-0.4, -0.2) is 21.7 Å². The summed E-state index contributed by atoms with van der Waals surface area (Å²) >= 11 is 0. The molecule has 1 aromatic carbocycles. The van der Waals surface area contributed by atoms with E-state index in [1.54, 1.807) is 0 Å². The highest BCUT2D eigenvalue weighted by molar-refractivity contribution is 6.28. The van der Waals surface area contributed by atoms with Gasteiger partial charge in [-0.15, -0.1) is 0 Å². The number of anilines is 1. The van der Waals surface area contributed by atoms with Crippen LogP contribution in [0.5, 0.6) is 0 Å². The first-order valence-electron chi connectivity index (χ1n) is 4.90. The molecule has 19 heavy (non-hydrogen) atoms. The van der Waals surface area contributed by atoms with Crippen molar-refractivity contribution in [1.82, 2.24) is 0 Å².